The molecular formula is C20H24N3O3S+. The van der Waals surface area contributed by atoms with E-state index in [0.717, 1.165) is 31.1 Å². The van der Waals surface area contributed by atoms with Gasteiger partial charge in [-0.1, -0.05) is 30.0 Å². The number of carbonyl (C=O) groups excluding carboxylic acids is 3. The van der Waals surface area contributed by atoms with Gasteiger partial charge in [-0.25, -0.2) is 4.57 Å². The molecule has 0 radical (unpaired) electrons. The molecule has 0 aliphatic heterocycles. The minimum Gasteiger partial charge on any atom is -0.370 e. The van der Waals surface area contributed by atoms with Gasteiger partial charge in [-0.15, -0.1) is 0 Å². The van der Waals surface area contributed by atoms with Crippen LogP contribution in [0.15, 0.2) is 59.8 Å². The van der Waals surface area contributed by atoms with Crippen molar-refractivity contribution in [3.05, 3.63) is 60.4 Å². The van der Waals surface area contributed by atoms with Gasteiger partial charge in [0.05, 0.1) is 5.56 Å². The maximum absolute atomic E-state index is 12.3. The Kier molecular flexibility index (Phi) is 8.51. The highest BCUT2D eigenvalue weighted by Gasteiger charge is 2.14. The van der Waals surface area contributed by atoms with Crippen molar-refractivity contribution in [2.45, 2.75) is 37.1 Å². The molecule has 0 fully saturated rings. The Morgan fingerprint density at radius 3 is 2.44 bits per heavy atom. The van der Waals surface area contributed by atoms with Crippen LogP contribution in [0, 0.1) is 0 Å². The van der Waals surface area contributed by atoms with Crippen LogP contribution in [0.25, 0.3) is 0 Å². The van der Waals surface area contributed by atoms with E-state index in [0.29, 0.717) is 16.9 Å². The fourth-order valence-electron chi connectivity index (χ4n) is 2.46. The number of aryl methyl sites for hydroxylation is 1. The van der Waals surface area contributed by atoms with Gasteiger partial charge in [0.15, 0.2) is 17.5 Å². The van der Waals surface area contributed by atoms with Crippen LogP contribution in [0.3, 0.4) is 0 Å². The SMILES string of the molecule is NC(=O)CCNC(=O)c1ccccc1SC(=O)CCCC[n+]1ccccc1. The van der Waals surface area contributed by atoms with Crippen molar-refractivity contribution in [3.8, 4) is 0 Å². The number of carbonyl (C=O) groups is 3. The topological polar surface area (TPSA) is 93.1 Å². The minimum atomic E-state index is -0.471. The molecule has 0 atom stereocenters. The molecule has 1 heterocycles. The fraction of sp³-hybridized carbons (Fsp3) is 0.300. The molecule has 0 bridgehead atoms. The molecule has 6 nitrogen and oxygen atoms in total. The Bertz CT molecular complexity index is 781. The Balaban J connectivity index is 1.81. The molecule has 0 aliphatic carbocycles. The standard InChI is InChI=1S/C20H23N3O3S/c21-18(24)11-12-22-20(26)16-8-2-3-9-17(16)27-19(25)10-4-7-15-23-13-5-1-6-14-23/h1-3,5-6,8-9,13-14H,4,7,10-12,15H2,(H2-,21,22,24,26)/p+1. The van der Waals surface area contributed by atoms with E-state index in [1.165, 1.54) is 0 Å². The summed E-state index contributed by atoms with van der Waals surface area (Å²) in [6.45, 7) is 1.05. The second kappa shape index (κ2) is 11.1. The maximum atomic E-state index is 12.3. The molecule has 0 saturated heterocycles. The van der Waals surface area contributed by atoms with Crippen LogP contribution in [0.4, 0.5) is 0 Å². The fourth-order valence-corrected chi connectivity index (χ4v) is 3.37. The molecule has 2 rings (SSSR count). The number of pyridine rings is 1. The summed E-state index contributed by atoms with van der Waals surface area (Å²) >= 11 is 1.09. The van der Waals surface area contributed by atoms with E-state index in [1.54, 1.807) is 24.3 Å². The Labute approximate surface area is 163 Å². The number of nitrogens with one attached hydrogen (secondary N) is 1. The number of rotatable bonds is 10. The zero-order valence-electron chi connectivity index (χ0n) is 15.1. The van der Waals surface area contributed by atoms with Gasteiger partial charge in [0.1, 0.15) is 6.54 Å². The van der Waals surface area contributed by atoms with Gasteiger partial charge >= 0.3 is 0 Å². The van der Waals surface area contributed by atoms with Gasteiger partial charge in [-0.3, -0.25) is 14.4 Å². The van der Waals surface area contributed by atoms with E-state index in [9.17, 15) is 14.4 Å². The zero-order valence-corrected chi connectivity index (χ0v) is 15.9. The van der Waals surface area contributed by atoms with Crippen LogP contribution >= 0.6 is 11.8 Å². The second-order valence-corrected chi connectivity index (χ2v) is 7.11. The Hall–Kier alpha value is -2.67. The largest absolute Gasteiger partial charge is 0.370 e. The van der Waals surface area contributed by atoms with Gasteiger partial charge in [-0.2, -0.15) is 0 Å². The first-order chi connectivity index (χ1) is 13.1. The molecule has 0 aliphatic rings. The van der Waals surface area contributed by atoms with Crippen molar-refractivity contribution in [2.24, 2.45) is 5.73 Å². The number of benzene rings is 1. The van der Waals surface area contributed by atoms with Crippen molar-refractivity contribution in [1.82, 2.24) is 5.32 Å². The summed E-state index contributed by atoms with van der Waals surface area (Å²) in [5.74, 6) is -0.783. The van der Waals surface area contributed by atoms with E-state index < -0.39 is 5.91 Å². The van der Waals surface area contributed by atoms with E-state index in [-0.39, 0.29) is 24.0 Å². The quantitative estimate of drug-likeness (QED) is 0.371. The first kappa shape index (κ1) is 20.6. The third-order valence-corrected chi connectivity index (χ3v) is 4.84. The summed E-state index contributed by atoms with van der Waals surface area (Å²) < 4.78 is 2.09. The van der Waals surface area contributed by atoms with Crippen molar-refractivity contribution >= 4 is 28.7 Å². The van der Waals surface area contributed by atoms with Crippen LogP contribution in [0.1, 0.15) is 36.0 Å². The molecule has 2 amide bonds. The van der Waals surface area contributed by atoms with Crippen molar-refractivity contribution < 1.29 is 19.0 Å². The molecule has 142 valence electrons. The lowest BCUT2D eigenvalue weighted by molar-refractivity contribution is -0.697. The third-order valence-electron chi connectivity index (χ3n) is 3.84. The predicted molar refractivity (Wildman–Crippen MR) is 104 cm³/mol. The van der Waals surface area contributed by atoms with Gasteiger partial charge in [0.25, 0.3) is 5.91 Å². The number of nitrogens with two attached hydrogens (primary N) is 1. The van der Waals surface area contributed by atoms with Gasteiger partial charge in [-0.05, 0) is 18.6 Å². The number of amides is 2. The van der Waals surface area contributed by atoms with Crippen molar-refractivity contribution in [2.75, 3.05) is 6.54 Å². The molecule has 3 N–H and O–H groups in total. The molecule has 7 heteroatoms. The lowest BCUT2D eigenvalue weighted by Gasteiger charge is -2.09. The second-order valence-electron chi connectivity index (χ2n) is 6.01. The average Bonchev–Trinajstić information content (AvgIpc) is 2.66. The van der Waals surface area contributed by atoms with E-state index in [2.05, 4.69) is 9.88 Å². The van der Waals surface area contributed by atoms with Crippen LogP contribution < -0.4 is 15.6 Å². The number of nitrogens with zero attached hydrogens (tertiary/aromatic N) is 1. The van der Waals surface area contributed by atoms with E-state index in [1.807, 2.05) is 30.6 Å². The lowest BCUT2D eigenvalue weighted by atomic mass is 10.2. The van der Waals surface area contributed by atoms with Crippen LogP contribution in [-0.4, -0.2) is 23.5 Å². The van der Waals surface area contributed by atoms with Crippen LogP contribution in [-0.2, 0) is 16.1 Å². The summed E-state index contributed by atoms with van der Waals surface area (Å²) in [6.07, 6.45) is 6.25. The van der Waals surface area contributed by atoms with E-state index >= 15 is 0 Å². The van der Waals surface area contributed by atoms with Gasteiger partial charge in [0, 0.05) is 42.8 Å². The Morgan fingerprint density at radius 2 is 1.70 bits per heavy atom. The molecule has 1 aromatic carbocycles. The van der Waals surface area contributed by atoms with Crippen molar-refractivity contribution in [3.63, 3.8) is 0 Å². The summed E-state index contributed by atoms with van der Waals surface area (Å²) in [7, 11) is 0. The number of primary amides is 1. The number of thioether (sulfide) groups is 1. The zero-order chi connectivity index (χ0) is 19.5. The van der Waals surface area contributed by atoms with Crippen LogP contribution in [0.5, 0.6) is 0 Å². The first-order valence-electron chi connectivity index (χ1n) is 8.86. The molecular weight excluding hydrogens is 362 g/mol. The minimum absolute atomic E-state index is 0.0328. The summed E-state index contributed by atoms with van der Waals surface area (Å²) in [4.78, 5) is 35.9. The molecule has 1 aromatic heterocycles. The number of hydrogen-bond donors (Lipinski definition) is 2. The number of aromatic nitrogens is 1. The number of unbranched alkanes of at least 4 members (excludes halogenated alkanes) is 1. The lowest BCUT2D eigenvalue weighted by Crippen LogP contribution is -2.32. The monoisotopic (exact) mass is 386 g/mol. The molecule has 0 saturated carbocycles. The van der Waals surface area contributed by atoms with Crippen LogP contribution in [0.2, 0.25) is 0 Å². The molecule has 0 unspecified atom stereocenters. The molecule has 27 heavy (non-hydrogen) atoms. The molecule has 0 spiro atoms. The highest BCUT2D eigenvalue weighted by Crippen LogP contribution is 2.25. The normalized spacial score (nSPS) is 10.4. The Morgan fingerprint density at radius 1 is 0.963 bits per heavy atom. The summed E-state index contributed by atoms with van der Waals surface area (Å²) in [5, 5.41) is 2.68. The highest BCUT2D eigenvalue weighted by atomic mass is 32.2. The van der Waals surface area contributed by atoms with Gasteiger partial charge in [0.2, 0.25) is 5.91 Å². The van der Waals surface area contributed by atoms with Gasteiger partial charge < -0.3 is 11.1 Å². The highest BCUT2D eigenvalue weighted by molar-refractivity contribution is 8.13. The summed E-state index contributed by atoms with van der Waals surface area (Å²) in [6, 6.07) is 12.9. The first-order valence-corrected chi connectivity index (χ1v) is 9.68. The smallest absolute Gasteiger partial charge is 0.252 e. The van der Waals surface area contributed by atoms with E-state index in [4.69, 9.17) is 5.73 Å². The maximum Gasteiger partial charge on any atom is 0.252 e. The summed E-state index contributed by atoms with van der Waals surface area (Å²) in [5.41, 5.74) is 5.50. The average molecular weight is 386 g/mol. The molecule has 2 aromatic rings. The third kappa shape index (κ3) is 7.62. The predicted octanol–water partition coefficient (Wildman–Crippen LogP) is 2.07. The number of hydrogen-bond acceptors (Lipinski definition) is 4. The van der Waals surface area contributed by atoms with Crippen molar-refractivity contribution in [1.29, 1.82) is 0 Å².